The predicted molar refractivity (Wildman–Crippen MR) is 46.0 cm³/mol. The van der Waals surface area contributed by atoms with Crippen LogP contribution in [0.5, 0.6) is 0 Å². The van der Waals surface area contributed by atoms with E-state index in [1.807, 2.05) is 29.2 Å². The lowest BCUT2D eigenvalue weighted by Gasteiger charge is -2.05. The summed E-state index contributed by atoms with van der Waals surface area (Å²) in [5.41, 5.74) is 3.31. The van der Waals surface area contributed by atoms with Crippen molar-refractivity contribution in [1.29, 1.82) is 0 Å². The highest BCUT2D eigenvalue weighted by molar-refractivity contribution is 4.93. The maximum absolute atomic E-state index is 3.31. The molecule has 1 saturated carbocycles. The van der Waals surface area contributed by atoms with E-state index < -0.39 is 0 Å². The van der Waals surface area contributed by atoms with Crippen molar-refractivity contribution in [1.82, 2.24) is 4.68 Å². The summed E-state index contributed by atoms with van der Waals surface area (Å²) in [5, 5.41) is 0. The molecule has 60 valence electrons. The quantitative estimate of drug-likeness (QED) is 0.693. The molecule has 0 aromatic carbocycles. The molecule has 0 unspecified atom stereocenters. The van der Waals surface area contributed by atoms with E-state index in [1.54, 1.807) is 0 Å². The van der Waals surface area contributed by atoms with Crippen LogP contribution in [-0.2, 0) is 0 Å². The zero-order chi connectivity index (χ0) is 7.52. The lowest BCUT2D eigenvalue weighted by molar-refractivity contribution is 0.708. The number of aromatic nitrogens is 1. The Morgan fingerprint density at radius 3 is 2.64 bits per heavy atom. The molecule has 1 aromatic heterocycles. The molecule has 2 rings (SSSR count). The smallest absolute Gasteiger partial charge is 0.0316 e. The normalized spacial score (nSPS) is 16.7. The summed E-state index contributed by atoms with van der Waals surface area (Å²) in [5.74, 6) is 1.03. The maximum atomic E-state index is 3.31. The van der Waals surface area contributed by atoms with Crippen molar-refractivity contribution in [2.75, 3.05) is 12.0 Å². The highest BCUT2D eigenvalue weighted by atomic mass is 15.4. The summed E-state index contributed by atoms with van der Waals surface area (Å²) in [6, 6.07) is 4.06. The van der Waals surface area contributed by atoms with Crippen LogP contribution in [0.4, 0.5) is 0 Å². The molecule has 1 aliphatic carbocycles. The molecule has 0 amide bonds. The SMILES string of the molecule is c1ccn(NCCC2CC2)c1. The van der Waals surface area contributed by atoms with Crippen molar-refractivity contribution in [3.05, 3.63) is 24.5 Å². The van der Waals surface area contributed by atoms with Crippen molar-refractivity contribution in [2.45, 2.75) is 19.3 Å². The van der Waals surface area contributed by atoms with Gasteiger partial charge >= 0.3 is 0 Å². The van der Waals surface area contributed by atoms with Gasteiger partial charge in [0.2, 0.25) is 0 Å². The second-order valence-corrected chi connectivity index (χ2v) is 3.23. The molecule has 0 radical (unpaired) electrons. The fraction of sp³-hybridized carbons (Fsp3) is 0.556. The van der Waals surface area contributed by atoms with Crippen LogP contribution in [0.15, 0.2) is 24.5 Å². The van der Waals surface area contributed by atoms with E-state index >= 15 is 0 Å². The van der Waals surface area contributed by atoms with Crippen LogP contribution in [0, 0.1) is 5.92 Å². The van der Waals surface area contributed by atoms with Gasteiger partial charge in [-0.05, 0) is 24.5 Å². The van der Waals surface area contributed by atoms with Crippen molar-refractivity contribution in [3.63, 3.8) is 0 Å². The third kappa shape index (κ3) is 2.00. The molecule has 0 bridgehead atoms. The van der Waals surface area contributed by atoms with Crippen molar-refractivity contribution in [3.8, 4) is 0 Å². The molecule has 0 saturated heterocycles. The van der Waals surface area contributed by atoms with E-state index in [1.165, 1.54) is 19.3 Å². The Morgan fingerprint density at radius 1 is 1.27 bits per heavy atom. The van der Waals surface area contributed by atoms with Gasteiger partial charge in [0.15, 0.2) is 0 Å². The first kappa shape index (κ1) is 6.77. The minimum atomic E-state index is 1.03. The van der Waals surface area contributed by atoms with Crippen LogP contribution in [0.25, 0.3) is 0 Å². The number of nitrogens with zero attached hydrogens (tertiary/aromatic N) is 1. The summed E-state index contributed by atoms with van der Waals surface area (Å²) in [4.78, 5) is 0. The monoisotopic (exact) mass is 150 g/mol. The van der Waals surface area contributed by atoms with Gasteiger partial charge in [-0.15, -0.1) is 0 Å². The average molecular weight is 150 g/mol. The van der Waals surface area contributed by atoms with Crippen LogP contribution in [-0.4, -0.2) is 11.2 Å². The largest absolute Gasteiger partial charge is 0.326 e. The minimum absolute atomic E-state index is 1.03. The van der Waals surface area contributed by atoms with Crippen LogP contribution in [0.1, 0.15) is 19.3 Å². The molecular formula is C9H14N2. The summed E-state index contributed by atoms with van der Waals surface area (Å²) < 4.78 is 2.02. The van der Waals surface area contributed by atoms with E-state index in [4.69, 9.17) is 0 Å². The number of rotatable bonds is 4. The summed E-state index contributed by atoms with van der Waals surface area (Å²) in [6.07, 6.45) is 8.30. The predicted octanol–water partition coefficient (Wildman–Crippen LogP) is 1.83. The summed E-state index contributed by atoms with van der Waals surface area (Å²) in [6.45, 7) is 1.11. The number of hydrogen-bond acceptors (Lipinski definition) is 1. The average Bonchev–Trinajstić information content (AvgIpc) is 2.66. The number of nitrogens with one attached hydrogen (secondary N) is 1. The summed E-state index contributed by atoms with van der Waals surface area (Å²) >= 11 is 0. The van der Waals surface area contributed by atoms with Crippen LogP contribution in [0.3, 0.4) is 0 Å². The Hall–Kier alpha value is -0.920. The molecule has 1 aromatic rings. The molecular weight excluding hydrogens is 136 g/mol. The van der Waals surface area contributed by atoms with Gasteiger partial charge in [0.05, 0.1) is 0 Å². The second kappa shape index (κ2) is 2.99. The molecule has 1 fully saturated rings. The third-order valence-electron chi connectivity index (χ3n) is 2.15. The fourth-order valence-corrected chi connectivity index (χ4v) is 1.24. The first-order valence-electron chi connectivity index (χ1n) is 4.32. The van der Waals surface area contributed by atoms with E-state index in [0.29, 0.717) is 0 Å². The van der Waals surface area contributed by atoms with Gasteiger partial charge in [0, 0.05) is 18.9 Å². The fourth-order valence-electron chi connectivity index (χ4n) is 1.24. The third-order valence-corrected chi connectivity index (χ3v) is 2.15. The van der Waals surface area contributed by atoms with Crippen molar-refractivity contribution < 1.29 is 0 Å². The molecule has 1 aliphatic rings. The standard InChI is InChI=1S/C9H14N2/c1-2-8-11(7-1)10-6-5-9-3-4-9/h1-2,7-10H,3-6H2. The second-order valence-electron chi connectivity index (χ2n) is 3.23. The van der Waals surface area contributed by atoms with Crippen LogP contribution < -0.4 is 5.43 Å². The minimum Gasteiger partial charge on any atom is -0.326 e. The highest BCUT2D eigenvalue weighted by Gasteiger charge is 2.19. The molecule has 2 nitrogen and oxygen atoms in total. The lowest BCUT2D eigenvalue weighted by Crippen LogP contribution is -2.13. The Labute approximate surface area is 67.2 Å². The maximum Gasteiger partial charge on any atom is 0.0316 e. The van der Waals surface area contributed by atoms with Crippen molar-refractivity contribution in [2.24, 2.45) is 5.92 Å². The Balaban J connectivity index is 1.66. The zero-order valence-electron chi connectivity index (χ0n) is 6.66. The molecule has 0 aliphatic heterocycles. The Bertz CT molecular complexity index is 199. The van der Waals surface area contributed by atoms with Gasteiger partial charge in [0.25, 0.3) is 0 Å². The van der Waals surface area contributed by atoms with Crippen molar-refractivity contribution >= 4 is 0 Å². The molecule has 1 N–H and O–H groups in total. The molecule has 1 heterocycles. The number of hydrogen-bond donors (Lipinski definition) is 1. The van der Waals surface area contributed by atoms with Gasteiger partial charge in [-0.2, -0.15) is 0 Å². The van der Waals surface area contributed by atoms with Gasteiger partial charge in [-0.1, -0.05) is 12.8 Å². The lowest BCUT2D eigenvalue weighted by atomic mass is 10.3. The Kier molecular flexibility index (Phi) is 1.84. The van der Waals surface area contributed by atoms with E-state index in [-0.39, 0.29) is 0 Å². The Morgan fingerprint density at radius 2 is 2.00 bits per heavy atom. The molecule has 0 spiro atoms. The van der Waals surface area contributed by atoms with Gasteiger partial charge in [-0.25, -0.2) is 0 Å². The first-order chi connectivity index (χ1) is 5.45. The molecule has 11 heavy (non-hydrogen) atoms. The highest BCUT2D eigenvalue weighted by Crippen LogP contribution is 2.31. The molecule has 2 heteroatoms. The van der Waals surface area contributed by atoms with E-state index in [9.17, 15) is 0 Å². The first-order valence-corrected chi connectivity index (χ1v) is 4.32. The zero-order valence-corrected chi connectivity index (χ0v) is 6.66. The topological polar surface area (TPSA) is 17.0 Å². The van der Waals surface area contributed by atoms with Gasteiger partial charge < -0.3 is 5.43 Å². The summed E-state index contributed by atoms with van der Waals surface area (Å²) in [7, 11) is 0. The van der Waals surface area contributed by atoms with Crippen LogP contribution in [0.2, 0.25) is 0 Å². The van der Waals surface area contributed by atoms with Gasteiger partial charge in [0.1, 0.15) is 0 Å². The molecule has 0 atom stereocenters. The van der Waals surface area contributed by atoms with Gasteiger partial charge in [-0.3, -0.25) is 4.68 Å². The van der Waals surface area contributed by atoms with E-state index in [0.717, 1.165) is 12.5 Å². The van der Waals surface area contributed by atoms with E-state index in [2.05, 4.69) is 5.43 Å². The van der Waals surface area contributed by atoms with Crippen LogP contribution >= 0.6 is 0 Å².